The number of nitrogens with zero attached hydrogens (tertiary/aromatic N) is 1. The number of rotatable bonds is 4. The Balaban J connectivity index is 0.000000924. The third-order valence-corrected chi connectivity index (χ3v) is 4.31. The maximum absolute atomic E-state index is 12.7. The highest BCUT2D eigenvalue weighted by atomic mass is 16.2. The van der Waals surface area contributed by atoms with Gasteiger partial charge in [-0.1, -0.05) is 76.2 Å². The lowest BCUT2D eigenvalue weighted by atomic mass is 9.95. The van der Waals surface area contributed by atoms with Gasteiger partial charge in [0.05, 0.1) is 0 Å². The number of amides is 1. The molecule has 23 heavy (non-hydrogen) atoms. The number of hydrogen-bond acceptors (Lipinski definition) is 1. The zero-order valence-electron chi connectivity index (χ0n) is 14.6. The van der Waals surface area contributed by atoms with E-state index < -0.39 is 0 Å². The average Bonchev–Trinajstić information content (AvgIpc) is 2.92. The number of benzene rings is 2. The number of hydrogen-bond donors (Lipinski definition) is 0. The molecule has 1 aliphatic rings. The summed E-state index contributed by atoms with van der Waals surface area (Å²) in [6, 6.07) is 18.6. The highest BCUT2D eigenvalue weighted by Crippen LogP contribution is 2.28. The molecule has 0 fully saturated rings. The maximum atomic E-state index is 12.7. The molecular formula is C21H27NO. The summed E-state index contributed by atoms with van der Waals surface area (Å²) < 4.78 is 0. The fraction of sp³-hybridized carbons (Fsp3) is 0.381. The molecule has 1 atom stereocenters. The third-order valence-electron chi connectivity index (χ3n) is 4.31. The topological polar surface area (TPSA) is 20.3 Å². The minimum Gasteiger partial charge on any atom is -0.331 e. The van der Waals surface area contributed by atoms with Gasteiger partial charge in [0.1, 0.15) is 0 Å². The summed E-state index contributed by atoms with van der Waals surface area (Å²) in [6.07, 6.45) is 0.915. The van der Waals surface area contributed by atoms with E-state index in [0.717, 1.165) is 24.1 Å². The molecule has 2 aromatic carbocycles. The molecule has 2 heteroatoms. The second kappa shape index (κ2) is 7.96. The molecule has 2 aromatic rings. The van der Waals surface area contributed by atoms with Crippen LogP contribution in [0.4, 0.5) is 0 Å². The van der Waals surface area contributed by atoms with Crippen molar-refractivity contribution < 1.29 is 4.79 Å². The summed E-state index contributed by atoms with van der Waals surface area (Å²) in [5, 5.41) is 0. The molecule has 0 saturated heterocycles. The summed E-state index contributed by atoms with van der Waals surface area (Å²) in [5.41, 5.74) is 3.32. The molecule has 1 aliphatic heterocycles. The molecule has 0 saturated carbocycles. The Bertz CT molecular complexity index is 633. The van der Waals surface area contributed by atoms with Crippen molar-refractivity contribution >= 4 is 5.91 Å². The predicted octanol–water partition coefficient (Wildman–Crippen LogP) is 4.94. The molecule has 2 nitrogen and oxygen atoms in total. The second-order valence-corrected chi connectivity index (χ2v) is 6.09. The predicted molar refractivity (Wildman–Crippen MR) is 96.4 cm³/mol. The van der Waals surface area contributed by atoms with Crippen LogP contribution in [0, 0.1) is 5.92 Å². The van der Waals surface area contributed by atoms with Crippen LogP contribution in [-0.2, 0) is 13.0 Å². The molecule has 0 aromatic heterocycles. The monoisotopic (exact) mass is 309 g/mol. The van der Waals surface area contributed by atoms with Crippen LogP contribution in [0.2, 0.25) is 0 Å². The van der Waals surface area contributed by atoms with Gasteiger partial charge in [-0.25, -0.2) is 0 Å². The smallest absolute Gasteiger partial charge is 0.254 e. The van der Waals surface area contributed by atoms with Crippen LogP contribution < -0.4 is 0 Å². The van der Waals surface area contributed by atoms with E-state index in [1.807, 2.05) is 43.0 Å². The summed E-state index contributed by atoms with van der Waals surface area (Å²) in [5.74, 6) is 0.615. The molecule has 0 bridgehead atoms. The van der Waals surface area contributed by atoms with Crippen molar-refractivity contribution in [2.45, 2.75) is 46.7 Å². The highest BCUT2D eigenvalue weighted by molar-refractivity contribution is 5.98. The summed E-state index contributed by atoms with van der Waals surface area (Å²) in [6.45, 7) is 9.14. The van der Waals surface area contributed by atoms with E-state index in [1.54, 1.807) is 0 Å². The first-order valence-electron chi connectivity index (χ1n) is 8.59. The Kier molecular flexibility index (Phi) is 5.97. The van der Waals surface area contributed by atoms with Gasteiger partial charge in [-0.05, 0) is 29.5 Å². The summed E-state index contributed by atoms with van der Waals surface area (Å²) in [7, 11) is 0. The highest BCUT2D eigenvalue weighted by Gasteiger charge is 2.33. The van der Waals surface area contributed by atoms with Crippen LogP contribution in [0.25, 0.3) is 0 Å². The molecule has 1 amide bonds. The van der Waals surface area contributed by atoms with Gasteiger partial charge in [-0.15, -0.1) is 0 Å². The number of carbonyl (C=O) groups is 1. The van der Waals surface area contributed by atoms with Gasteiger partial charge in [0.25, 0.3) is 5.91 Å². The number of fused-ring (bicyclic) bond motifs is 1. The SMILES string of the molecule is CC.CC(C)C(Cc1ccccc1)N1Cc2ccccc2C1=O. The molecule has 1 heterocycles. The first kappa shape index (κ1) is 17.3. The Hall–Kier alpha value is -2.09. The largest absolute Gasteiger partial charge is 0.331 e. The summed E-state index contributed by atoms with van der Waals surface area (Å²) in [4.78, 5) is 14.7. The van der Waals surface area contributed by atoms with Gasteiger partial charge in [0.2, 0.25) is 0 Å². The molecule has 3 rings (SSSR count). The van der Waals surface area contributed by atoms with Gasteiger partial charge in [0, 0.05) is 18.2 Å². The zero-order valence-corrected chi connectivity index (χ0v) is 14.6. The molecule has 122 valence electrons. The van der Waals surface area contributed by atoms with Gasteiger partial charge in [0.15, 0.2) is 0 Å². The van der Waals surface area contributed by atoms with Crippen LogP contribution in [0.1, 0.15) is 49.2 Å². The molecule has 0 spiro atoms. The van der Waals surface area contributed by atoms with E-state index in [0.29, 0.717) is 5.92 Å². The molecule has 1 unspecified atom stereocenters. The van der Waals surface area contributed by atoms with Crippen LogP contribution in [0.3, 0.4) is 0 Å². The first-order chi connectivity index (χ1) is 11.2. The molecular weight excluding hydrogens is 282 g/mol. The lowest BCUT2D eigenvalue weighted by Crippen LogP contribution is -2.40. The molecule has 0 N–H and O–H groups in total. The van der Waals surface area contributed by atoms with Crippen molar-refractivity contribution in [2.24, 2.45) is 5.92 Å². The van der Waals surface area contributed by atoms with E-state index in [1.165, 1.54) is 5.56 Å². The lowest BCUT2D eigenvalue weighted by Gasteiger charge is -2.31. The third kappa shape index (κ3) is 3.82. The fourth-order valence-corrected chi connectivity index (χ4v) is 3.11. The Morgan fingerprint density at radius 2 is 1.57 bits per heavy atom. The van der Waals surface area contributed by atoms with E-state index in [4.69, 9.17) is 0 Å². The normalized spacial score (nSPS) is 14.3. The molecule has 0 aliphatic carbocycles. The zero-order chi connectivity index (χ0) is 16.8. The van der Waals surface area contributed by atoms with E-state index >= 15 is 0 Å². The van der Waals surface area contributed by atoms with Crippen LogP contribution in [0.15, 0.2) is 54.6 Å². The van der Waals surface area contributed by atoms with Crippen LogP contribution in [-0.4, -0.2) is 16.8 Å². The van der Waals surface area contributed by atoms with E-state index in [9.17, 15) is 4.79 Å². The van der Waals surface area contributed by atoms with Crippen molar-refractivity contribution in [3.05, 3.63) is 71.3 Å². The van der Waals surface area contributed by atoms with E-state index in [-0.39, 0.29) is 11.9 Å². The number of carbonyl (C=O) groups excluding carboxylic acids is 1. The van der Waals surface area contributed by atoms with Gasteiger partial charge >= 0.3 is 0 Å². The average molecular weight is 309 g/mol. The maximum Gasteiger partial charge on any atom is 0.254 e. The van der Waals surface area contributed by atoms with Gasteiger partial charge < -0.3 is 4.90 Å². The Morgan fingerprint density at radius 3 is 2.17 bits per heavy atom. The van der Waals surface area contributed by atoms with Crippen molar-refractivity contribution in [2.75, 3.05) is 0 Å². The fourth-order valence-electron chi connectivity index (χ4n) is 3.11. The Morgan fingerprint density at radius 1 is 0.957 bits per heavy atom. The Labute approximate surface area is 140 Å². The van der Waals surface area contributed by atoms with Crippen molar-refractivity contribution in [3.8, 4) is 0 Å². The van der Waals surface area contributed by atoms with Gasteiger partial charge in [-0.3, -0.25) is 4.79 Å². The van der Waals surface area contributed by atoms with Crippen molar-refractivity contribution in [3.63, 3.8) is 0 Å². The van der Waals surface area contributed by atoms with Crippen LogP contribution in [0.5, 0.6) is 0 Å². The minimum absolute atomic E-state index is 0.181. The van der Waals surface area contributed by atoms with E-state index in [2.05, 4.69) is 44.2 Å². The quantitative estimate of drug-likeness (QED) is 0.783. The summed E-state index contributed by atoms with van der Waals surface area (Å²) >= 11 is 0. The van der Waals surface area contributed by atoms with Crippen LogP contribution >= 0.6 is 0 Å². The van der Waals surface area contributed by atoms with Crippen molar-refractivity contribution in [1.29, 1.82) is 0 Å². The standard InChI is InChI=1S/C19H21NO.C2H6/c1-14(2)18(12-15-8-4-3-5-9-15)20-13-16-10-6-7-11-17(16)19(20)21;1-2/h3-11,14,18H,12-13H2,1-2H3;1-2H3. The lowest BCUT2D eigenvalue weighted by molar-refractivity contribution is 0.0650. The molecule has 0 radical (unpaired) electrons. The van der Waals surface area contributed by atoms with Crippen molar-refractivity contribution in [1.82, 2.24) is 4.90 Å². The minimum atomic E-state index is 0.181. The first-order valence-corrected chi connectivity index (χ1v) is 8.59. The second-order valence-electron chi connectivity index (χ2n) is 6.09. The van der Waals surface area contributed by atoms with Gasteiger partial charge in [-0.2, -0.15) is 0 Å².